The summed E-state index contributed by atoms with van der Waals surface area (Å²) >= 11 is 0.456. The Morgan fingerprint density at radius 1 is 1.24 bits per heavy atom. The molecule has 0 radical (unpaired) electrons. The zero-order chi connectivity index (χ0) is 15.9. The Hall–Kier alpha value is -2.38. The Morgan fingerprint density at radius 2 is 1.81 bits per heavy atom. The van der Waals surface area contributed by atoms with Gasteiger partial charge in [0.1, 0.15) is 22.6 Å². The molecule has 1 aromatic rings. The molecule has 2 rings (SSSR count). The second kappa shape index (κ2) is 4.87. The largest absolute Gasteiger partial charge is 0.426 e. The number of carbonyl (C=O) groups excluding carboxylic acids is 1. The first-order valence-electron chi connectivity index (χ1n) is 5.74. The van der Waals surface area contributed by atoms with E-state index in [1.807, 2.05) is 0 Å². The van der Waals surface area contributed by atoms with Crippen LogP contribution in [0, 0.1) is 29.6 Å². The van der Waals surface area contributed by atoms with Crippen LogP contribution in [-0.4, -0.2) is 5.78 Å². The quantitative estimate of drug-likeness (QED) is 0.537. The number of nitrogens with zero attached hydrogens (tertiary/aromatic N) is 2. The summed E-state index contributed by atoms with van der Waals surface area (Å²) in [5, 5.41) is 18.0. The summed E-state index contributed by atoms with van der Waals surface area (Å²) in [7, 11) is 0. The number of thiophene rings is 1. The normalized spacial score (nSPS) is 15.9. The fourth-order valence-electron chi connectivity index (χ4n) is 2.32. The van der Waals surface area contributed by atoms with Crippen molar-refractivity contribution < 1.29 is 18.0 Å². The molecule has 3 nitrogen and oxygen atoms in total. The summed E-state index contributed by atoms with van der Waals surface area (Å²) in [5.41, 5.74) is -0.768. The Balaban J connectivity index is 2.95. The molecule has 0 amide bonds. The number of allylic oxidation sites excluding steroid dienone is 4. The van der Waals surface area contributed by atoms with Crippen LogP contribution in [0.3, 0.4) is 0 Å². The molecular weight excluding hydrogens is 301 g/mol. The second-order valence-corrected chi connectivity index (χ2v) is 5.46. The topological polar surface area (TPSA) is 64.7 Å². The summed E-state index contributed by atoms with van der Waals surface area (Å²) in [4.78, 5) is 11.5. The van der Waals surface area contributed by atoms with Crippen LogP contribution < -0.4 is 0 Å². The summed E-state index contributed by atoms with van der Waals surface area (Å²) in [6.45, 7) is 2.93. The van der Waals surface area contributed by atoms with Crippen LogP contribution >= 0.6 is 11.3 Å². The maximum absolute atomic E-state index is 13.0. The van der Waals surface area contributed by atoms with Gasteiger partial charge in [-0.2, -0.15) is 23.7 Å². The van der Waals surface area contributed by atoms with Gasteiger partial charge in [0.05, 0.1) is 5.56 Å². The van der Waals surface area contributed by atoms with Gasteiger partial charge in [-0.15, -0.1) is 11.3 Å². The summed E-state index contributed by atoms with van der Waals surface area (Å²) in [6.07, 6.45) is -3.32. The molecule has 1 aliphatic carbocycles. The van der Waals surface area contributed by atoms with Crippen LogP contribution in [0.15, 0.2) is 17.2 Å². The van der Waals surface area contributed by atoms with E-state index in [0.29, 0.717) is 11.3 Å². The van der Waals surface area contributed by atoms with E-state index in [4.69, 9.17) is 10.5 Å². The third-order valence-electron chi connectivity index (χ3n) is 3.10. The van der Waals surface area contributed by atoms with Crippen LogP contribution in [0.2, 0.25) is 0 Å². The van der Waals surface area contributed by atoms with E-state index in [1.165, 1.54) is 19.9 Å². The highest BCUT2D eigenvalue weighted by molar-refractivity contribution is 7.13. The number of rotatable bonds is 0. The molecule has 0 bridgehead atoms. The third kappa shape index (κ3) is 2.07. The number of hydrogen-bond donors (Lipinski definition) is 0. The van der Waals surface area contributed by atoms with E-state index in [-0.39, 0.29) is 27.2 Å². The molecule has 0 aromatic carbocycles. The van der Waals surface area contributed by atoms with Gasteiger partial charge in [0, 0.05) is 21.6 Å². The number of alkyl halides is 3. The predicted octanol–water partition coefficient (Wildman–Crippen LogP) is 4.02. The first-order chi connectivity index (χ1) is 9.77. The summed E-state index contributed by atoms with van der Waals surface area (Å²) < 4.78 is 39.1. The van der Waals surface area contributed by atoms with Gasteiger partial charge in [0.2, 0.25) is 0 Å². The van der Waals surface area contributed by atoms with Gasteiger partial charge < -0.3 is 0 Å². The maximum Gasteiger partial charge on any atom is 0.426 e. The number of carbonyl (C=O) groups is 1. The van der Waals surface area contributed by atoms with Crippen LogP contribution in [0.25, 0.3) is 5.57 Å². The van der Waals surface area contributed by atoms with Gasteiger partial charge in [-0.1, -0.05) is 6.08 Å². The van der Waals surface area contributed by atoms with Crippen molar-refractivity contribution in [1.29, 1.82) is 10.5 Å². The van der Waals surface area contributed by atoms with Gasteiger partial charge in [-0.3, -0.25) is 4.79 Å². The molecule has 7 heteroatoms. The standard InChI is InChI=1S/C14H7F3N2OS/c1-3-8-10(7(4-18)5-19)9-6(2)21-13(14(15,16)17)11(9)12(8)20/h3H,1-2H3/b8-3+. The number of fused-ring (bicyclic) bond motifs is 1. The minimum Gasteiger partial charge on any atom is -0.289 e. The van der Waals surface area contributed by atoms with Crippen molar-refractivity contribution in [2.24, 2.45) is 0 Å². The zero-order valence-electron chi connectivity index (χ0n) is 10.9. The number of aryl methyl sites for hydroxylation is 1. The SMILES string of the molecule is C/C=C1/C(=O)c2c(C(F)(F)F)sc(C)c2C1=C(C#N)C#N. The first kappa shape index (κ1) is 15.0. The molecule has 1 aromatic heterocycles. The van der Waals surface area contributed by atoms with E-state index in [2.05, 4.69) is 0 Å². The number of Topliss-reactive ketones (excluding diaryl/α,β-unsaturated/α-hetero) is 1. The van der Waals surface area contributed by atoms with Gasteiger partial charge >= 0.3 is 6.18 Å². The lowest BCUT2D eigenvalue weighted by molar-refractivity contribution is -0.134. The Bertz CT molecular complexity index is 782. The first-order valence-corrected chi connectivity index (χ1v) is 6.56. The van der Waals surface area contributed by atoms with E-state index >= 15 is 0 Å². The third-order valence-corrected chi connectivity index (χ3v) is 4.25. The number of hydrogen-bond acceptors (Lipinski definition) is 4. The lowest BCUT2D eigenvalue weighted by Gasteiger charge is -2.04. The molecule has 0 spiro atoms. The Morgan fingerprint density at radius 3 is 2.24 bits per heavy atom. The van der Waals surface area contributed by atoms with E-state index in [9.17, 15) is 18.0 Å². The van der Waals surface area contributed by atoms with Crippen LogP contribution in [-0.2, 0) is 6.18 Å². The fourth-order valence-corrected chi connectivity index (χ4v) is 3.34. The van der Waals surface area contributed by atoms with Crippen LogP contribution in [0.5, 0.6) is 0 Å². The molecule has 1 heterocycles. The average molecular weight is 308 g/mol. The highest BCUT2D eigenvalue weighted by Gasteiger charge is 2.45. The molecule has 0 saturated carbocycles. The molecule has 0 fully saturated rings. The van der Waals surface area contributed by atoms with Gasteiger partial charge in [-0.05, 0) is 13.8 Å². The van der Waals surface area contributed by atoms with Gasteiger partial charge in [-0.25, -0.2) is 0 Å². The molecule has 0 atom stereocenters. The van der Waals surface area contributed by atoms with Crippen molar-refractivity contribution in [3.63, 3.8) is 0 Å². The van der Waals surface area contributed by atoms with Crippen molar-refractivity contribution in [3.8, 4) is 12.1 Å². The van der Waals surface area contributed by atoms with Crippen LogP contribution in [0.4, 0.5) is 13.2 Å². The van der Waals surface area contributed by atoms with E-state index in [0.717, 1.165) is 0 Å². The molecule has 0 aliphatic heterocycles. The molecule has 0 saturated heterocycles. The molecule has 0 unspecified atom stereocenters. The molecular formula is C14H7F3N2OS. The zero-order valence-corrected chi connectivity index (χ0v) is 11.7. The number of nitriles is 2. The number of ketones is 1. The monoisotopic (exact) mass is 308 g/mol. The minimum absolute atomic E-state index is 0.00625. The smallest absolute Gasteiger partial charge is 0.289 e. The molecule has 21 heavy (non-hydrogen) atoms. The number of halogens is 3. The maximum atomic E-state index is 13.0. The minimum atomic E-state index is -4.65. The second-order valence-electron chi connectivity index (χ2n) is 4.24. The van der Waals surface area contributed by atoms with Crippen molar-refractivity contribution in [2.75, 3.05) is 0 Å². The van der Waals surface area contributed by atoms with Crippen molar-refractivity contribution in [1.82, 2.24) is 0 Å². The Kier molecular flexibility index (Phi) is 3.48. The summed E-state index contributed by atoms with van der Waals surface area (Å²) in [5.74, 6) is -0.790. The highest BCUT2D eigenvalue weighted by atomic mass is 32.1. The van der Waals surface area contributed by atoms with Gasteiger partial charge in [0.25, 0.3) is 0 Å². The van der Waals surface area contributed by atoms with Crippen molar-refractivity contribution in [2.45, 2.75) is 20.0 Å². The van der Waals surface area contributed by atoms with Crippen LogP contribution in [0.1, 0.15) is 32.6 Å². The molecule has 0 N–H and O–H groups in total. The van der Waals surface area contributed by atoms with Crippen molar-refractivity contribution >= 4 is 22.7 Å². The van der Waals surface area contributed by atoms with Crippen molar-refractivity contribution in [3.05, 3.63) is 38.1 Å². The molecule has 106 valence electrons. The fraction of sp³-hybridized carbons (Fsp3) is 0.214. The van der Waals surface area contributed by atoms with Gasteiger partial charge in [0.15, 0.2) is 5.78 Å². The molecule has 1 aliphatic rings. The Labute approximate surface area is 122 Å². The lowest BCUT2D eigenvalue weighted by Crippen LogP contribution is -2.08. The van der Waals surface area contributed by atoms with E-state index in [1.54, 1.807) is 12.1 Å². The van der Waals surface area contributed by atoms with E-state index < -0.39 is 22.4 Å². The average Bonchev–Trinajstić information content (AvgIpc) is 2.89. The highest BCUT2D eigenvalue weighted by Crippen LogP contribution is 2.50. The summed E-state index contributed by atoms with van der Waals surface area (Å²) in [6, 6.07) is 3.29. The lowest BCUT2D eigenvalue weighted by atomic mass is 10.00. The predicted molar refractivity (Wildman–Crippen MR) is 70.3 cm³/mol.